The summed E-state index contributed by atoms with van der Waals surface area (Å²) in [5, 5.41) is 3.30. The van der Waals surface area contributed by atoms with Crippen molar-refractivity contribution in [2.24, 2.45) is 0 Å². The van der Waals surface area contributed by atoms with Crippen LogP contribution in [0.15, 0.2) is 17.0 Å². The molecule has 0 bridgehead atoms. The molecule has 1 aliphatic heterocycles. The van der Waals surface area contributed by atoms with Gasteiger partial charge in [-0.3, -0.25) is 4.21 Å². The van der Waals surface area contributed by atoms with Gasteiger partial charge in [-0.15, -0.1) is 0 Å². The smallest absolute Gasteiger partial charge is 0.160 e. The van der Waals surface area contributed by atoms with Crippen molar-refractivity contribution in [2.45, 2.75) is 29.8 Å². The highest BCUT2D eigenvalue weighted by molar-refractivity contribution is 7.85. The SMILES string of the molecule is O=S1CC(NC2CC2)c2cc(F)c(F)cc21. The summed E-state index contributed by atoms with van der Waals surface area (Å²) >= 11 is 0. The van der Waals surface area contributed by atoms with Crippen LogP contribution in [-0.4, -0.2) is 16.0 Å². The van der Waals surface area contributed by atoms with E-state index in [4.69, 9.17) is 0 Å². The Morgan fingerprint density at radius 1 is 1.25 bits per heavy atom. The molecule has 86 valence electrons. The van der Waals surface area contributed by atoms with Crippen LogP contribution in [0.1, 0.15) is 24.4 Å². The van der Waals surface area contributed by atoms with E-state index in [0.717, 1.165) is 18.9 Å². The molecule has 2 unspecified atom stereocenters. The molecule has 3 rings (SSSR count). The number of rotatable bonds is 2. The van der Waals surface area contributed by atoms with E-state index in [2.05, 4.69) is 5.32 Å². The second-order valence-corrected chi connectivity index (χ2v) is 5.77. The first kappa shape index (κ1) is 10.4. The van der Waals surface area contributed by atoms with Crippen LogP contribution in [0.3, 0.4) is 0 Å². The number of hydrogen-bond acceptors (Lipinski definition) is 2. The van der Waals surface area contributed by atoms with Crippen LogP contribution in [0.25, 0.3) is 0 Å². The minimum atomic E-state index is -1.20. The Balaban J connectivity index is 1.98. The molecule has 0 amide bonds. The van der Waals surface area contributed by atoms with Crippen molar-refractivity contribution in [1.29, 1.82) is 0 Å². The Kier molecular flexibility index (Phi) is 2.33. The molecule has 1 aliphatic carbocycles. The van der Waals surface area contributed by atoms with Crippen LogP contribution in [0.4, 0.5) is 8.78 Å². The van der Waals surface area contributed by atoms with Gasteiger partial charge in [0.1, 0.15) is 0 Å². The van der Waals surface area contributed by atoms with Crippen LogP contribution in [0, 0.1) is 11.6 Å². The summed E-state index contributed by atoms with van der Waals surface area (Å²) in [7, 11) is -1.20. The second-order valence-electron chi connectivity index (χ2n) is 4.31. The van der Waals surface area contributed by atoms with Gasteiger partial charge in [-0.1, -0.05) is 0 Å². The first-order valence-corrected chi connectivity index (χ1v) is 6.60. The van der Waals surface area contributed by atoms with E-state index < -0.39 is 22.4 Å². The van der Waals surface area contributed by atoms with Gasteiger partial charge >= 0.3 is 0 Å². The fourth-order valence-electron chi connectivity index (χ4n) is 2.02. The Bertz CT molecular complexity index is 473. The van der Waals surface area contributed by atoms with Crippen LogP contribution in [0.2, 0.25) is 0 Å². The topological polar surface area (TPSA) is 29.1 Å². The monoisotopic (exact) mass is 243 g/mol. The summed E-state index contributed by atoms with van der Waals surface area (Å²) in [6, 6.07) is 2.62. The van der Waals surface area contributed by atoms with Crippen molar-refractivity contribution in [2.75, 3.05) is 5.75 Å². The zero-order valence-electron chi connectivity index (χ0n) is 8.50. The fraction of sp³-hybridized carbons (Fsp3) is 0.455. The van der Waals surface area contributed by atoms with E-state index in [-0.39, 0.29) is 6.04 Å². The number of hydrogen-bond donors (Lipinski definition) is 1. The van der Waals surface area contributed by atoms with Gasteiger partial charge in [0.25, 0.3) is 0 Å². The Morgan fingerprint density at radius 3 is 2.62 bits per heavy atom. The van der Waals surface area contributed by atoms with Crippen LogP contribution in [0.5, 0.6) is 0 Å². The molecule has 16 heavy (non-hydrogen) atoms. The second kappa shape index (κ2) is 3.60. The molecule has 0 saturated heterocycles. The van der Waals surface area contributed by atoms with Crippen molar-refractivity contribution in [3.05, 3.63) is 29.3 Å². The summed E-state index contributed by atoms with van der Waals surface area (Å²) in [6.45, 7) is 0. The minimum absolute atomic E-state index is 0.0848. The average molecular weight is 243 g/mol. The Labute approximate surface area is 94.5 Å². The van der Waals surface area contributed by atoms with E-state index in [1.165, 1.54) is 6.07 Å². The highest BCUT2D eigenvalue weighted by Gasteiger charge is 2.34. The Hall–Kier alpha value is -0.810. The maximum absolute atomic E-state index is 13.1. The molecule has 0 spiro atoms. The highest BCUT2D eigenvalue weighted by atomic mass is 32.2. The van der Waals surface area contributed by atoms with Crippen molar-refractivity contribution in [1.82, 2.24) is 5.32 Å². The zero-order valence-corrected chi connectivity index (χ0v) is 9.32. The lowest BCUT2D eigenvalue weighted by atomic mass is 10.1. The van der Waals surface area contributed by atoms with Gasteiger partial charge in [0.05, 0.1) is 10.8 Å². The lowest BCUT2D eigenvalue weighted by molar-refractivity contribution is 0.498. The van der Waals surface area contributed by atoms with E-state index in [9.17, 15) is 13.0 Å². The third kappa shape index (κ3) is 1.68. The highest BCUT2D eigenvalue weighted by Crippen LogP contribution is 2.34. The quantitative estimate of drug-likeness (QED) is 0.859. The number of benzene rings is 1. The molecule has 0 radical (unpaired) electrons. The van der Waals surface area contributed by atoms with Crippen molar-refractivity contribution >= 4 is 10.8 Å². The molecule has 1 heterocycles. The van der Waals surface area contributed by atoms with Crippen LogP contribution >= 0.6 is 0 Å². The predicted molar refractivity (Wildman–Crippen MR) is 56.5 cm³/mol. The molecular formula is C11H11F2NOS. The third-order valence-corrected chi connectivity index (χ3v) is 4.49. The molecule has 1 fully saturated rings. The lowest BCUT2D eigenvalue weighted by Crippen LogP contribution is -2.24. The van der Waals surface area contributed by atoms with Gasteiger partial charge in [0.2, 0.25) is 0 Å². The van der Waals surface area contributed by atoms with Gasteiger partial charge in [0, 0.05) is 22.7 Å². The summed E-state index contributed by atoms with van der Waals surface area (Å²) in [6.07, 6.45) is 2.23. The molecule has 2 aliphatic rings. The summed E-state index contributed by atoms with van der Waals surface area (Å²) in [5.74, 6) is -1.35. The first-order chi connectivity index (χ1) is 7.65. The molecule has 1 saturated carbocycles. The molecule has 1 N–H and O–H groups in total. The maximum atomic E-state index is 13.1. The average Bonchev–Trinajstić information content (AvgIpc) is 2.99. The third-order valence-electron chi connectivity index (χ3n) is 3.01. The summed E-state index contributed by atoms with van der Waals surface area (Å²) in [5.41, 5.74) is 0.657. The summed E-state index contributed by atoms with van der Waals surface area (Å²) < 4.78 is 37.9. The van der Waals surface area contributed by atoms with Gasteiger partial charge < -0.3 is 5.32 Å². The van der Waals surface area contributed by atoms with E-state index in [1.54, 1.807) is 0 Å². The van der Waals surface area contributed by atoms with Crippen LogP contribution in [-0.2, 0) is 10.8 Å². The molecule has 5 heteroatoms. The molecule has 2 atom stereocenters. The normalized spacial score (nSPS) is 28.1. The van der Waals surface area contributed by atoms with E-state index in [0.29, 0.717) is 22.3 Å². The number of halogens is 2. The van der Waals surface area contributed by atoms with Gasteiger partial charge in [-0.05, 0) is 30.5 Å². The molecule has 0 aromatic heterocycles. The molecule has 1 aromatic rings. The first-order valence-electron chi connectivity index (χ1n) is 5.28. The lowest BCUT2D eigenvalue weighted by Gasteiger charge is -2.11. The van der Waals surface area contributed by atoms with E-state index >= 15 is 0 Å². The van der Waals surface area contributed by atoms with Crippen LogP contribution < -0.4 is 5.32 Å². The van der Waals surface area contributed by atoms with Crippen molar-refractivity contribution in [3.8, 4) is 0 Å². The minimum Gasteiger partial charge on any atom is -0.306 e. The molecule has 1 aromatic carbocycles. The standard InChI is InChI=1S/C11H11F2NOS/c12-8-3-7-10(14-6-1-2-6)5-16(15)11(7)4-9(8)13/h3-4,6,10,14H,1-2,5H2. The fourth-order valence-corrected chi connectivity index (χ4v) is 3.47. The maximum Gasteiger partial charge on any atom is 0.160 e. The molecule has 2 nitrogen and oxygen atoms in total. The van der Waals surface area contributed by atoms with Crippen molar-refractivity contribution in [3.63, 3.8) is 0 Å². The predicted octanol–water partition coefficient (Wildman–Crippen LogP) is 1.88. The number of nitrogens with one attached hydrogen (secondary N) is 1. The van der Waals surface area contributed by atoms with Gasteiger partial charge in [-0.25, -0.2) is 8.78 Å². The Morgan fingerprint density at radius 2 is 1.94 bits per heavy atom. The van der Waals surface area contributed by atoms with Crippen molar-refractivity contribution < 1.29 is 13.0 Å². The zero-order chi connectivity index (χ0) is 11.3. The summed E-state index contributed by atoms with van der Waals surface area (Å²) in [4.78, 5) is 0.442. The number of fused-ring (bicyclic) bond motifs is 1. The van der Waals surface area contributed by atoms with Gasteiger partial charge in [0.15, 0.2) is 11.6 Å². The van der Waals surface area contributed by atoms with Gasteiger partial charge in [-0.2, -0.15) is 0 Å². The van der Waals surface area contributed by atoms with E-state index in [1.807, 2.05) is 0 Å². The largest absolute Gasteiger partial charge is 0.306 e. The molecular weight excluding hydrogens is 232 g/mol.